The van der Waals surface area contributed by atoms with Crippen molar-refractivity contribution >= 4 is 21.4 Å². The molecule has 2 heteroatoms. The molecule has 2 heterocycles. The number of fused-ring (bicyclic) bond motifs is 1. The van der Waals surface area contributed by atoms with E-state index in [0.29, 0.717) is 6.04 Å². The van der Waals surface area contributed by atoms with Gasteiger partial charge in [-0.2, -0.15) is 0 Å². The zero-order valence-electron chi connectivity index (χ0n) is 7.99. The van der Waals surface area contributed by atoms with Gasteiger partial charge in [0.1, 0.15) is 0 Å². The van der Waals surface area contributed by atoms with E-state index in [9.17, 15) is 0 Å². The Hall–Kier alpha value is -0.860. The van der Waals surface area contributed by atoms with Crippen LogP contribution in [0.4, 0.5) is 0 Å². The molecule has 1 aliphatic heterocycles. The summed E-state index contributed by atoms with van der Waals surface area (Å²) in [5, 5.41) is 7.09. The highest BCUT2D eigenvalue weighted by Gasteiger charge is 2.15. The lowest BCUT2D eigenvalue weighted by Gasteiger charge is -2.10. The molecule has 0 radical (unpaired) electrons. The van der Waals surface area contributed by atoms with E-state index in [1.54, 1.807) is 0 Å². The molecule has 1 aliphatic rings. The van der Waals surface area contributed by atoms with Crippen LogP contribution in [-0.2, 0) is 0 Å². The van der Waals surface area contributed by atoms with E-state index < -0.39 is 0 Å². The van der Waals surface area contributed by atoms with Crippen molar-refractivity contribution in [2.75, 3.05) is 6.54 Å². The fraction of sp³-hybridized carbons (Fsp3) is 0.333. The standard InChI is InChI=1S/C12H13NS/c1-2-11(13-6-1)9-3-4-12-10(8-9)5-7-14-12/h3-5,7-8,11,13H,1-2,6H2/t11-/m1/s1. The second-order valence-corrected chi connectivity index (χ2v) is 4.81. The molecule has 3 rings (SSSR count). The molecule has 1 nitrogen and oxygen atoms in total. The van der Waals surface area contributed by atoms with Gasteiger partial charge in [-0.05, 0) is 53.9 Å². The van der Waals surface area contributed by atoms with Gasteiger partial charge in [0.05, 0.1) is 0 Å². The third-order valence-electron chi connectivity index (χ3n) is 2.94. The van der Waals surface area contributed by atoms with Crippen molar-refractivity contribution in [1.29, 1.82) is 0 Å². The van der Waals surface area contributed by atoms with Crippen LogP contribution in [0.25, 0.3) is 10.1 Å². The summed E-state index contributed by atoms with van der Waals surface area (Å²) in [6, 6.07) is 9.64. The molecule has 1 aromatic carbocycles. The SMILES string of the molecule is c1cc2cc([C@H]3CCCN3)ccc2s1. The van der Waals surface area contributed by atoms with E-state index >= 15 is 0 Å². The van der Waals surface area contributed by atoms with Crippen LogP contribution in [0.3, 0.4) is 0 Å². The first kappa shape index (κ1) is 8.45. The van der Waals surface area contributed by atoms with Crippen LogP contribution in [0.5, 0.6) is 0 Å². The van der Waals surface area contributed by atoms with Crippen LogP contribution in [0.1, 0.15) is 24.4 Å². The molecule has 1 fully saturated rings. The van der Waals surface area contributed by atoms with Crippen LogP contribution in [0, 0.1) is 0 Å². The van der Waals surface area contributed by atoms with Crippen LogP contribution in [0.15, 0.2) is 29.6 Å². The monoisotopic (exact) mass is 203 g/mol. The molecular formula is C12H13NS. The fourth-order valence-electron chi connectivity index (χ4n) is 2.17. The van der Waals surface area contributed by atoms with Crippen LogP contribution in [0.2, 0.25) is 0 Å². The van der Waals surface area contributed by atoms with Crippen LogP contribution in [-0.4, -0.2) is 6.54 Å². The highest BCUT2D eigenvalue weighted by atomic mass is 32.1. The Labute approximate surface area is 87.8 Å². The molecule has 1 N–H and O–H groups in total. The molecule has 0 unspecified atom stereocenters. The Bertz CT molecular complexity index is 440. The molecule has 1 saturated heterocycles. The van der Waals surface area contributed by atoms with Gasteiger partial charge in [-0.3, -0.25) is 0 Å². The number of hydrogen-bond acceptors (Lipinski definition) is 2. The van der Waals surface area contributed by atoms with E-state index in [2.05, 4.69) is 35.0 Å². The molecule has 0 spiro atoms. The smallest absolute Gasteiger partial charge is 0.0342 e. The molecule has 0 saturated carbocycles. The molecule has 72 valence electrons. The maximum Gasteiger partial charge on any atom is 0.0342 e. The topological polar surface area (TPSA) is 12.0 Å². The summed E-state index contributed by atoms with van der Waals surface area (Å²) in [6.07, 6.45) is 2.60. The molecule has 2 aromatic rings. The van der Waals surface area contributed by atoms with Gasteiger partial charge in [0, 0.05) is 10.7 Å². The van der Waals surface area contributed by atoms with Crippen molar-refractivity contribution in [3.63, 3.8) is 0 Å². The average Bonchev–Trinajstić information content (AvgIpc) is 2.88. The van der Waals surface area contributed by atoms with Crippen molar-refractivity contribution < 1.29 is 0 Å². The Morgan fingerprint density at radius 2 is 2.29 bits per heavy atom. The Morgan fingerprint density at radius 3 is 3.14 bits per heavy atom. The van der Waals surface area contributed by atoms with Crippen molar-refractivity contribution in [1.82, 2.24) is 5.32 Å². The third kappa shape index (κ3) is 1.35. The molecule has 1 atom stereocenters. The van der Waals surface area contributed by atoms with Gasteiger partial charge in [-0.15, -0.1) is 11.3 Å². The molecule has 1 aromatic heterocycles. The molecule has 0 amide bonds. The summed E-state index contributed by atoms with van der Waals surface area (Å²) in [4.78, 5) is 0. The average molecular weight is 203 g/mol. The maximum atomic E-state index is 3.53. The summed E-state index contributed by atoms with van der Waals surface area (Å²) in [7, 11) is 0. The van der Waals surface area contributed by atoms with Gasteiger partial charge in [0.15, 0.2) is 0 Å². The van der Waals surface area contributed by atoms with Crippen molar-refractivity contribution in [3.8, 4) is 0 Å². The van der Waals surface area contributed by atoms with Crippen molar-refractivity contribution in [2.45, 2.75) is 18.9 Å². The highest BCUT2D eigenvalue weighted by Crippen LogP contribution is 2.28. The minimum absolute atomic E-state index is 0.597. The number of rotatable bonds is 1. The second-order valence-electron chi connectivity index (χ2n) is 3.87. The van der Waals surface area contributed by atoms with E-state index in [1.807, 2.05) is 11.3 Å². The lowest BCUT2D eigenvalue weighted by atomic mass is 10.0. The maximum absolute atomic E-state index is 3.53. The highest BCUT2D eigenvalue weighted by molar-refractivity contribution is 7.17. The first-order valence-electron chi connectivity index (χ1n) is 5.14. The van der Waals surface area contributed by atoms with Gasteiger partial charge < -0.3 is 5.32 Å². The largest absolute Gasteiger partial charge is 0.310 e. The van der Waals surface area contributed by atoms with Crippen molar-refractivity contribution in [2.24, 2.45) is 0 Å². The van der Waals surface area contributed by atoms with Gasteiger partial charge in [-0.1, -0.05) is 6.07 Å². The van der Waals surface area contributed by atoms with E-state index in [-0.39, 0.29) is 0 Å². The lowest BCUT2D eigenvalue weighted by molar-refractivity contribution is 0.648. The fourth-order valence-corrected chi connectivity index (χ4v) is 2.94. The number of benzene rings is 1. The van der Waals surface area contributed by atoms with Gasteiger partial charge in [-0.25, -0.2) is 0 Å². The van der Waals surface area contributed by atoms with Crippen LogP contribution < -0.4 is 5.32 Å². The van der Waals surface area contributed by atoms with Gasteiger partial charge in [0.25, 0.3) is 0 Å². The van der Waals surface area contributed by atoms with Gasteiger partial charge in [0.2, 0.25) is 0 Å². The Kier molecular flexibility index (Phi) is 2.03. The van der Waals surface area contributed by atoms with Crippen LogP contribution >= 0.6 is 11.3 Å². The predicted octanol–water partition coefficient (Wildman–Crippen LogP) is 3.33. The predicted molar refractivity (Wildman–Crippen MR) is 61.8 cm³/mol. The van der Waals surface area contributed by atoms with E-state index in [0.717, 1.165) is 0 Å². The Morgan fingerprint density at radius 1 is 1.29 bits per heavy atom. The first-order valence-corrected chi connectivity index (χ1v) is 6.02. The molecular weight excluding hydrogens is 190 g/mol. The first-order chi connectivity index (χ1) is 6.93. The minimum Gasteiger partial charge on any atom is -0.310 e. The number of thiophene rings is 1. The number of nitrogens with one attached hydrogen (secondary N) is 1. The Balaban J connectivity index is 2.04. The van der Waals surface area contributed by atoms with E-state index in [1.165, 1.54) is 35.0 Å². The third-order valence-corrected chi connectivity index (χ3v) is 3.84. The summed E-state index contributed by atoms with van der Waals surface area (Å²) < 4.78 is 1.40. The molecule has 0 aliphatic carbocycles. The summed E-state index contributed by atoms with van der Waals surface area (Å²) in [6.45, 7) is 1.17. The van der Waals surface area contributed by atoms with Crippen molar-refractivity contribution in [3.05, 3.63) is 35.2 Å². The van der Waals surface area contributed by atoms with E-state index in [4.69, 9.17) is 0 Å². The lowest BCUT2D eigenvalue weighted by Crippen LogP contribution is -2.12. The summed E-state index contributed by atoms with van der Waals surface area (Å²) in [5.74, 6) is 0. The number of hydrogen-bond donors (Lipinski definition) is 1. The normalized spacial score (nSPS) is 21.9. The molecule has 14 heavy (non-hydrogen) atoms. The zero-order chi connectivity index (χ0) is 9.38. The summed E-state index contributed by atoms with van der Waals surface area (Å²) >= 11 is 1.82. The quantitative estimate of drug-likeness (QED) is 0.749. The van der Waals surface area contributed by atoms with Gasteiger partial charge >= 0.3 is 0 Å². The second kappa shape index (κ2) is 3.37. The molecule has 0 bridgehead atoms. The minimum atomic E-state index is 0.597. The summed E-state index contributed by atoms with van der Waals surface area (Å²) in [5.41, 5.74) is 1.45. The zero-order valence-corrected chi connectivity index (χ0v) is 8.81.